The van der Waals surface area contributed by atoms with Crippen LogP contribution < -0.4 is 0 Å². The molecule has 0 rings (SSSR count). The smallest absolute Gasteiger partial charge is 0.126 e. The average molecular weight is 148 g/mol. The molecule has 0 aromatic rings. The van der Waals surface area contributed by atoms with E-state index in [4.69, 9.17) is 0 Å². The van der Waals surface area contributed by atoms with E-state index in [-0.39, 0.29) is 5.78 Å². The third kappa shape index (κ3) is 71.2. The minimum absolute atomic E-state index is 0.167. The number of carbonyl (C=O) groups excluding carboxylic acids is 1. The summed E-state index contributed by atoms with van der Waals surface area (Å²) in [5.74, 6) is 2.69. The molecule has 0 aliphatic heterocycles. The van der Waals surface area contributed by atoms with Gasteiger partial charge in [0.25, 0.3) is 0 Å². The zero-order valence-corrected chi connectivity index (χ0v) is 7.55. The molecule has 0 radical (unpaired) electrons. The summed E-state index contributed by atoms with van der Waals surface area (Å²) in [5.41, 5.74) is 0. The van der Waals surface area contributed by atoms with Crippen molar-refractivity contribution < 1.29 is 4.79 Å². The number of hydrogen-bond acceptors (Lipinski definition) is 2. The molecule has 0 aliphatic carbocycles. The van der Waals surface area contributed by atoms with Crippen LogP contribution in [0.15, 0.2) is 0 Å². The fourth-order valence-electron chi connectivity index (χ4n) is 0.204. The maximum absolute atomic E-state index is 9.44. The van der Waals surface area contributed by atoms with E-state index >= 15 is 0 Å². The third-order valence-electron chi connectivity index (χ3n) is 0.408. The predicted molar refractivity (Wildman–Crippen MR) is 45.0 cm³/mol. The van der Waals surface area contributed by atoms with E-state index in [0.717, 1.165) is 0 Å². The Morgan fingerprint density at radius 2 is 1.44 bits per heavy atom. The van der Waals surface area contributed by atoms with Crippen molar-refractivity contribution >= 4 is 17.5 Å². The van der Waals surface area contributed by atoms with Crippen LogP contribution in [0.2, 0.25) is 0 Å². The fraction of sp³-hybridized carbons (Fsp3) is 0.857. The number of Topliss-reactive ketones (excluding diaryl/α,β-unsaturated/α-hetero) is 1. The molecule has 0 N–H and O–H groups in total. The molecular weight excluding hydrogens is 132 g/mol. The molecule has 0 unspecified atom stereocenters. The monoisotopic (exact) mass is 148 g/mol. The number of carbonyl (C=O) groups is 1. The number of ketones is 1. The van der Waals surface area contributed by atoms with Gasteiger partial charge in [0.2, 0.25) is 0 Å². The van der Waals surface area contributed by atoms with E-state index in [0.29, 0.717) is 0 Å². The molecule has 9 heavy (non-hydrogen) atoms. The van der Waals surface area contributed by atoms with Crippen molar-refractivity contribution in [1.82, 2.24) is 0 Å². The van der Waals surface area contributed by atoms with Gasteiger partial charge in [-0.25, -0.2) is 0 Å². The SMILES string of the molecule is CC(C)=O.CCSCC. The van der Waals surface area contributed by atoms with Gasteiger partial charge < -0.3 is 4.79 Å². The first kappa shape index (κ1) is 11.8. The lowest BCUT2D eigenvalue weighted by atomic mass is 10.6. The van der Waals surface area contributed by atoms with Gasteiger partial charge in [0, 0.05) is 0 Å². The van der Waals surface area contributed by atoms with Crippen molar-refractivity contribution in [3.63, 3.8) is 0 Å². The van der Waals surface area contributed by atoms with Gasteiger partial charge in [-0.2, -0.15) is 11.8 Å². The molecule has 0 heterocycles. The highest BCUT2D eigenvalue weighted by atomic mass is 32.2. The number of rotatable bonds is 2. The third-order valence-corrected chi connectivity index (χ3v) is 1.22. The first-order valence-electron chi connectivity index (χ1n) is 3.20. The zero-order valence-electron chi connectivity index (χ0n) is 6.73. The largest absolute Gasteiger partial charge is 0.300 e. The number of hydrogen-bond donors (Lipinski definition) is 0. The zero-order chi connectivity index (χ0) is 7.70. The summed E-state index contributed by atoms with van der Waals surface area (Å²) in [5, 5.41) is 0. The highest BCUT2D eigenvalue weighted by Gasteiger charge is 1.67. The van der Waals surface area contributed by atoms with Gasteiger partial charge in [0.15, 0.2) is 0 Å². The van der Waals surface area contributed by atoms with Crippen LogP contribution in [0.25, 0.3) is 0 Å². The minimum Gasteiger partial charge on any atom is -0.300 e. The van der Waals surface area contributed by atoms with E-state index in [1.54, 1.807) is 0 Å². The normalized spacial score (nSPS) is 7.56. The molecule has 0 aromatic heterocycles. The maximum atomic E-state index is 9.44. The maximum Gasteiger partial charge on any atom is 0.126 e. The molecule has 0 saturated heterocycles. The summed E-state index contributed by atoms with van der Waals surface area (Å²) in [6.07, 6.45) is 0. The summed E-state index contributed by atoms with van der Waals surface area (Å²) in [4.78, 5) is 9.44. The number of thioether (sulfide) groups is 1. The summed E-state index contributed by atoms with van der Waals surface area (Å²) in [7, 11) is 0. The Kier molecular flexibility index (Phi) is 14.3. The standard InChI is InChI=1S/C4H10S.C3H6O/c1-3-5-4-2;1-3(2)4/h3-4H2,1-2H3;1-2H3. The summed E-state index contributed by atoms with van der Waals surface area (Å²) >= 11 is 1.96. The molecule has 0 bridgehead atoms. The molecule has 0 amide bonds. The Hall–Kier alpha value is 0.0200. The molecular formula is C7H16OS. The Morgan fingerprint density at radius 1 is 1.22 bits per heavy atom. The second-order valence-electron chi connectivity index (χ2n) is 1.69. The highest BCUT2D eigenvalue weighted by molar-refractivity contribution is 7.99. The van der Waals surface area contributed by atoms with Crippen molar-refractivity contribution in [2.75, 3.05) is 11.5 Å². The lowest BCUT2D eigenvalue weighted by Crippen LogP contribution is -1.69. The van der Waals surface area contributed by atoms with Gasteiger partial charge in [-0.05, 0) is 25.4 Å². The van der Waals surface area contributed by atoms with E-state index in [1.165, 1.54) is 25.4 Å². The second kappa shape index (κ2) is 10.9. The van der Waals surface area contributed by atoms with Crippen LogP contribution in [0.4, 0.5) is 0 Å². The molecule has 0 aliphatic rings. The van der Waals surface area contributed by atoms with Gasteiger partial charge in [-0.3, -0.25) is 0 Å². The van der Waals surface area contributed by atoms with Gasteiger partial charge in [-0.15, -0.1) is 0 Å². The Balaban J connectivity index is 0. The van der Waals surface area contributed by atoms with Crippen molar-refractivity contribution in [3.8, 4) is 0 Å². The lowest BCUT2D eigenvalue weighted by Gasteiger charge is -1.80. The van der Waals surface area contributed by atoms with Crippen LogP contribution >= 0.6 is 11.8 Å². The van der Waals surface area contributed by atoms with Gasteiger partial charge in [-0.1, -0.05) is 13.8 Å². The molecule has 0 aromatic carbocycles. The van der Waals surface area contributed by atoms with Gasteiger partial charge >= 0.3 is 0 Å². The van der Waals surface area contributed by atoms with E-state index in [2.05, 4.69) is 13.8 Å². The average Bonchev–Trinajstić information content (AvgIpc) is 1.66. The minimum atomic E-state index is 0.167. The van der Waals surface area contributed by atoms with Crippen LogP contribution in [-0.4, -0.2) is 17.3 Å². The van der Waals surface area contributed by atoms with Crippen molar-refractivity contribution in [2.24, 2.45) is 0 Å². The molecule has 0 spiro atoms. The first-order valence-corrected chi connectivity index (χ1v) is 4.35. The van der Waals surface area contributed by atoms with E-state index < -0.39 is 0 Å². The van der Waals surface area contributed by atoms with Crippen LogP contribution in [-0.2, 0) is 4.79 Å². The van der Waals surface area contributed by atoms with E-state index in [1.807, 2.05) is 11.8 Å². The Morgan fingerprint density at radius 3 is 1.44 bits per heavy atom. The molecule has 0 fully saturated rings. The van der Waals surface area contributed by atoms with Gasteiger partial charge in [0.1, 0.15) is 5.78 Å². The summed E-state index contributed by atoms with van der Waals surface area (Å²) in [6, 6.07) is 0. The predicted octanol–water partition coefficient (Wildman–Crippen LogP) is 2.35. The molecule has 1 nitrogen and oxygen atoms in total. The first-order chi connectivity index (χ1) is 4.15. The van der Waals surface area contributed by atoms with Crippen molar-refractivity contribution in [2.45, 2.75) is 27.7 Å². The van der Waals surface area contributed by atoms with Crippen LogP contribution in [0.3, 0.4) is 0 Å². The molecule has 56 valence electrons. The Labute approximate surface area is 62.2 Å². The summed E-state index contributed by atoms with van der Waals surface area (Å²) in [6.45, 7) is 7.41. The quantitative estimate of drug-likeness (QED) is 0.598. The second-order valence-corrected chi connectivity index (χ2v) is 3.25. The fourth-order valence-corrected chi connectivity index (χ4v) is 0.612. The molecule has 0 saturated carbocycles. The Bertz CT molecular complexity index is 55.9. The summed E-state index contributed by atoms with van der Waals surface area (Å²) < 4.78 is 0. The van der Waals surface area contributed by atoms with Crippen molar-refractivity contribution in [3.05, 3.63) is 0 Å². The molecule has 0 atom stereocenters. The van der Waals surface area contributed by atoms with Gasteiger partial charge in [0.05, 0.1) is 0 Å². The topological polar surface area (TPSA) is 17.1 Å². The molecule has 2 heteroatoms. The lowest BCUT2D eigenvalue weighted by molar-refractivity contribution is -0.114. The van der Waals surface area contributed by atoms with E-state index in [9.17, 15) is 4.79 Å². The van der Waals surface area contributed by atoms with Crippen LogP contribution in [0, 0.1) is 0 Å². The van der Waals surface area contributed by atoms with Crippen molar-refractivity contribution in [1.29, 1.82) is 0 Å². The highest BCUT2D eigenvalue weighted by Crippen LogP contribution is 1.93. The van der Waals surface area contributed by atoms with Crippen LogP contribution in [0.1, 0.15) is 27.7 Å². The van der Waals surface area contributed by atoms with Crippen LogP contribution in [0.5, 0.6) is 0 Å².